The second kappa shape index (κ2) is 8.11. The number of nitrogens with zero attached hydrogens (tertiary/aromatic N) is 1. The SMILES string of the molecule is COC(=O)CN1CC(NCC2CCCC2)CC(C(C)O)C1. The number of likely N-dealkylation sites (tertiary alicyclic amines) is 1. The Hall–Kier alpha value is -0.650. The monoisotopic (exact) mass is 298 g/mol. The lowest BCUT2D eigenvalue weighted by Gasteiger charge is -2.39. The predicted octanol–water partition coefficient (Wildman–Crippen LogP) is 1.01. The highest BCUT2D eigenvalue weighted by Crippen LogP contribution is 2.25. The van der Waals surface area contributed by atoms with Crippen LogP contribution >= 0.6 is 0 Å². The van der Waals surface area contributed by atoms with Crippen molar-refractivity contribution in [3.8, 4) is 0 Å². The Morgan fingerprint density at radius 1 is 1.38 bits per heavy atom. The zero-order valence-corrected chi connectivity index (χ0v) is 13.4. The topological polar surface area (TPSA) is 61.8 Å². The number of aliphatic hydroxyl groups is 1. The standard InChI is InChI=1S/C16H30N2O3/c1-12(19)14-7-15(17-8-13-5-3-4-6-13)10-18(9-14)11-16(20)21-2/h12-15,17,19H,3-11H2,1-2H3. The van der Waals surface area contributed by atoms with Gasteiger partial charge >= 0.3 is 5.97 Å². The quantitative estimate of drug-likeness (QED) is 0.717. The molecule has 1 aliphatic heterocycles. The predicted molar refractivity (Wildman–Crippen MR) is 82.0 cm³/mol. The second-order valence-electron chi connectivity index (χ2n) is 6.76. The van der Waals surface area contributed by atoms with Crippen LogP contribution in [0.2, 0.25) is 0 Å². The van der Waals surface area contributed by atoms with Gasteiger partial charge in [0.05, 0.1) is 19.8 Å². The number of aliphatic hydroxyl groups excluding tert-OH is 1. The van der Waals surface area contributed by atoms with Crippen LogP contribution in [0.25, 0.3) is 0 Å². The van der Waals surface area contributed by atoms with E-state index >= 15 is 0 Å². The fraction of sp³-hybridized carbons (Fsp3) is 0.938. The maximum atomic E-state index is 11.5. The summed E-state index contributed by atoms with van der Waals surface area (Å²) in [6.07, 6.45) is 6.06. The maximum absolute atomic E-state index is 11.5. The smallest absolute Gasteiger partial charge is 0.319 e. The highest BCUT2D eigenvalue weighted by Gasteiger charge is 2.31. The van der Waals surface area contributed by atoms with Crippen LogP contribution in [0.3, 0.4) is 0 Å². The summed E-state index contributed by atoms with van der Waals surface area (Å²) in [5.41, 5.74) is 0. The lowest BCUT2D eigenvalue weighted by atomic mass is 9.90. The summed E-state index contributed by atoms with van der Waals surface area (Å²) in [6.45, 7) is 4.88. The minimum Gasteiger partial charge on any atom is -0.468 e. The molecule has 5 nitrogen and oxygen atoms in total. The molecule has 1 aliphatic carbocycles. The van der Waals surface area contributed by atoms with Crippen molar-refractivity contribution in [1.82, 2.24) is 10.2 Å². The van der Waals surface area contributed by atoms with Crippen molar-refractivity contribution < 1.29 is 14.6 Å². The van der Waals surface area contributed by atoms with Gasteiger partial charge in [0.1, 0.15) is 0 Å². The average Bonchev–Trinajstić information content (AvgIpc) is 2.98. The number of carbonyl (C=O) groups is 1. The van der Waals surface area contributed by atoms with Gasteiger partial charge in [-0.3, -0.25) is 9.69 Å². The Morgan fingerprint density at radius 3 is 2.71 bits per heavy atom. The number of rotatable bonds is 6. The van der Waals surface area contributed by atoms with E-state index in [-0.39, 0.29) is 18.0 Å². The lowest BCUT2D eigenvalue weighted by molar-refractivity contribution is -0.142. The van der Waals surface area contributed by atoms with Crippen LogP contribution in [0.15, 0.2) is 0 Å². The fourth-order valence-corrected chi connectivity index (χ4v) is 3.65. The Morgan fingerprint density at radius 2 is 2.10 bits per heavy atom. The molecule has 0 aromatic carbocycles. The molecule has 2 fully saturated rings. The summed E-state index contributed by atoms with van der Waals surface area (Å²) in [5, 5.41) is 13.6. The van der Waals surface area contributed by atoms with Crippen LogP contribution < -0.4 is 5.32 Å². The van der Waals surface area contributed by atoms with Crippen molar-refractivity contribution in [2.75, 3.05) is 33.3 Å². The summed E-state index contributed by atoms with van der Waals surface area (Å²) < 4.78 is 4.76. The van der Waals surface area contributed by atoms with Gasteiger partial charge in [-0.1, -0.05) is 12.8 Å². The van der Waals surface area contributed by atoms with Gasteiger partial charge < -0.3 is 15.2 Å². The van der Waals surface area contributed by atoms with Crippen LogP contribution in [0.1, 0.15) is 39.0 Å². The molecule has 1 saturated carbocycles. The van der Waals surface area contributed by atoms with Crippen molar-refractivity contribution in [1.29, 1.82) is 0 Å². The van der Waals surface area contributed by atoms with Crippen molar-refractivity contribution >= 4 is 5.97 Å². The molecule has 0 amide bonds. The van der Waals surface area contributed by atoms with Gasteiger partial charge in [-0.25, -0.2) is 0 Å². The molecule has 3 unspecified atom stereocenters. The van der Waals surface area contributed by atoms with Gasteiger partial charge in [-0.15, -0.1) is 0 Å². The molecule has 1 saturated heterocycles. The molecule has 21 heavy (non-hydrogen) atoms. The maximum Gasteiger partial charge on any atom is 0.319 e. The summed E-state index contributed by atoms with van der Waals surface area (Å²) in [4.78, 5) is 13.6. The summed E-state index contributed by atoms with van der Waals surface area (Å²) >= 11 is 0. The van der Waals surface area contributed by atoms with Gasteiger partial charge in [0.2, 0.25) is 0 Å². The number of hydrogen-bond acceptors (Lipinski definition) is 5. The largest absolute Gasteiger partial charge is 0.468 e. The Labute approximate surface area is 128 Å². The number of carbonyl (C=O) groups excluding carboxylic acids is 1. The zero-order chi connectivity index (χ0) is 15.2. The third-order valence-corrected chi connectivity index (χ3v) is 4.99. The summed E-state index contributed by atoms with van der Waals surface area (Å²) in [6, 6.07) is 0.364. The van der Waals surface area contributed by atoms with E-state index in [2.05, 4.69) is 10.2 Å². The highest BCUT2D eigenvalue weighted by atomic mass is 16.5. The number of ether oxygens (including phenoxy) is 1. The molecule has 0 spiro atoms. The minimum atomic E-state index is -0.332. The second-order valence-corrected chi connectivity index (χ2v) is 6.76. The number of methoxy groups -OCH3 is 1. The first-order valence-electron chi connectivity index (χ1n) is 8.29. The van der Waals surface area contributed by atoms with Crippen LogP contribution in [0.4, 0.5) is 0 Å². The van der Waals surface area contributed by atoms with Crippen molar-refractivity contribution in [3.05, 3.63) is 0 Å². The molecular weight excluding hydrogens is 268 g/mol. The van der Waals surface area contributed by atoms with Crippen molar-refractivity contribution in [3.63, 3.8) is 0 Å². The number of piperidine rings is 1. The molecule has 122 valence electrons. The molecule has 2 N–H and O–H groups in total. The number of esters is 1. The molecule has 2 aliphatic rings. The zero-order valence-electron chi connectivity index (χ0n) is 13.4. The molecule has 2 rings (SSSR count). The van der Waals surface area contributed by atoms with E-state index in [0.717, 1.165) is 32.0 Å². The molecule has 1 heterocycles. The van der Waals surface area contributed by atoms with Gasteiger partial charge in [0.15, 0.2) is 0 Å². The molecule has 0 aromatic rings. The van der Waals surface area contributed by atoms with E-state index in [0.29, 0.717) is 12.6 Å². The summed E-state index contributed by atoms with van der Waals surface area (Å²) in [5.74, 6) is 0.839. The van der Waals surface area contributed by atoms with Crippen LogP contribution in [-0.4, -0.2) is 61.4 Å². The number of hydrogen-bond donors (Lipinski definition) is 2. The van der Waals surface area contributed by atoms with Gasteiger partial charge in [0, 0.05) is 19.1 Å². The van der Waals surface area contributed by atoms with Gasteiger partial charge in [-0.05, 0) is 44.6 Å². The van der Waals surface area contributed by atoms with Gasteiger partial charge in [-0.2, -0.15) is 0 Å². The fourth-order valence-electron chi connectivity index (χ4n) is 3.65. The highest BCUT2D eigenvalue weighted by molar-refractivity contribution is 5.71. The lowest BCUT2D eigenvalue weighted by Crippen LogP contribution is -2.53. The molecule has 0 aromatic heterocycles. The average molecular weight is 298 g/mol. The van der Waals surface area contributed by atoms with Crippen LogP contribution in [0, 0.1) is 11.8 Å². The number of nitrogens with one attached hydrogen (secondary N) is 1. The van der Waals surface area contributed by atoms with E-state index in [1.54, 1.807) is 0 Å². The molecule has 0 bridgehead atoms. The van der Waals surface area contributed by atoms with Crippen molar-refractivity contribution in [2.45, 2.75) is 51.2 Å². The van der Waals surface area contributed by atoms with E-state index < -0.39 is 0 Å². The van der Waals surface area contributed by atoms with Crippen LogP contribution in [0.5, 0.6) is 0 Å². The Kier molecular flexibility index (Phi) is 6.45. The Bertz CT molecular complexity index is 329. The third-order valence-electron chi connectivity index (χ3n) is 4.99. The van der Waals surface area contributed by atoms with Crippen LogP contribution in [-0.2, 0) is 9.53 Å². The van der Waals surface area contributed by atoms with E-state index in [1.807, 2.05) is 6.92 Å². The minimum absolute atomic E-state index is 0.198. The normalized spacial score (nSPS) is 29.5. The first-order chi connectivity index (χ1) is 10.1. The molecule has 0 radical (unpaired) electrons. The third kappa shape index (κ3) is 5.24. The van der Waals surface area contributed by atoms with E-state index in [9.17, 15) is 9.90 Å². The molecular formula is C16H30N2O3. The first kappa shape index (κ1) is 16.7. The first-order valence-corrected chi connectivity index (χ1v) is 8.29. The molecule has 3 atom stereocenters. The Balaban J connectivity index is 1.84. The van der Waals surface area contributed by atoms with E-state index in [4.69, 9.17) is 4.74 Å². The van der Waals surface area contributed by atoms with E-state index in [1.165, 1.54) is 32.8 Å². The summed E-state index contributed by atoms with van der Waals surface area (Å²) in [7, 11) is 1.42. The van der Waals surface area contributed by atoms with Gasteiger partial charge in [0.25, 0.3) is 0 Å². The molecule has 5 heteroatoms. The van der Waals surface area contributed by atoms with Crippen molar-refractivity contribution in [2.24, 2.45) is 11.8 Å².